The fraction of sp³-hybridized carbons (Fsp3) is 0.273. The molecule has 1 aliphatic carbocycles. The van der Waals surface area contributed by atoms with E-state index in [9.17, 15) is 9.90 Å². The number of thioether (sulfide) groups is 1. The largest absolute Gasteiger partial charge is 0.508 e. The Bertz CT molecular complexity index is 1010. The predicted molar refractivity (Wildman–Crippen MR) is 111 cm³/mol. The molecule has 1 atom stereocenters. The number of nitrogens with zero attached hydrogens (tertiary/aromatic N) is 2. The summed E-state index contributed by atoms with van der Waals surface area (Å²) in [5.41, 5.74) is 5.42. The quantitative estimate of drug-likeness (QED) is 0.641. The first-order valence-electron chi connectivity index (χ1n) is 9.36. The van der Waals surface area contributed by atoms with Gasteiger partial charge in [0.05, 0.1) is 11.8 Å². The standard InChI is InChI=1S/C22H23N3O2S/c1-14-10-15(2)12-16(11-14)25-9-8-23-22(25)28-13-21(27)24-19-7-6-18-17(19)4-3-5-20(18)26/h3-5,8-12,19,26H,6-7,13H2,1-2H3,(H,24,27). The van der Waals surface area contributed by atoms with Crippen molar-refractivity contribution in [1.29, 1.82) is 0 Å². The van der Waals surface area contributed by atoms with Gasteiger partial charge in [-0.3, -0.25) is 9.36 Å². The summed E-state index contributed by atoms with van der Waals surface area (Å²) in [6.07, 6.45) is 5.29. The zero-order chi connectivity index (χ0) is 19.7. The van der Waals surface area contributed by atoms with E-state index in [1.165, 1.54) is 22.9 Å². The maximum Gasteiger partial charge on any atom is 0.230 e. The summed E-state index contributed by atoms with van der Waals surface area (Å²) < 4.78 is 2.01. The van der Waals surface area contributed by atoms with Crippen LogP contribution >= 0.6 is 11.8 Å². The minimum absolute atomic E-state index is 0.0267. The van der Waals surface area contributed by atoms with E-state index in [1.54, 1.807) is 12.3 Å². The van der Waals surface area contributed by atoms with Crippen LogP contribution in [0, 0.1) is 13.8 Å². The van der Waals surface area contributed by atoms with E-state index in [1.807, 2.05) is 22.9 Å². The van der Waals surface area contributed by atoms with Crippen LogP contribution in [0.5, 0.6) is 5.75 Å². The molecule has 1 aromatic heterocycles. The minimum atomic E-state index is -0.0330. The minimum Gasteiger partial charge on any atom is -0.508 e. The third-order valence-corrected chi connectivity index (χ3v) is 5.97. The number of aromatic nitrogens is 2. The van der Waals surface area contributed by atoms with E-state index >= 15 is 0 Å². The molecule has 1 unspecified atom stereocenters. The Kier molecular flexibility index (Phi) is 5.13. The maximum atomic E-state index is 12.5. The Morgan fingerprint density at radius 2 is 2.07 bits per heavy atom. The van der Waals surface area contributed by atoms with Gasteiger partial charge in [-0.2, -0.15) is 0 Å². The molecule has 3 aromatic rings. The highest BCUT2D eigenvalue weighted by molar-refractivity contribution is 7.99. The number of phenolic OH excluding ortho intramolecular Hbond substituents is 1. The van der Waals surface area contributed by atoms with Gasteiger partial charge in [0.2, 0.25) is 5.91 Å². The predicted octanol–water partition coefficient (Wildman–Crippen LogP) is 4.09. The van der Waals surface area contributed by atoms with Gasteiger partial charge in [0.25, 0.3) is 0 Å². The molecule has 0 fully saturated rings. The fourth-order valence-corrected chi connectivity index (χ4v) is 4.62. The molecule has 6 heteroatoms. The molecule has 0 aliphatic heterocycles. The Morgan fingerprint density at radius 1 is 1.29 bits per heavy atom. The van der Waals surface area contributed by atoms with E-state index in [2.05, 4.69) is 42.3 Å². The molecule has 0 bridgehead atoms. The molecule has 2 aromatic carbocycles. The number of benzene rings is 2. The molecule has 1 amide bonds. The number of aromatic hydroxyl groups is 1. The van der Waals surface area contributed by atoms with Gasteiger partial charge in [0.1, 0.15) is 5.75 Å². The zero-order valence-corrected chi connectivity index (χ0v) is 16.8. The average Bonchev–Trinajstić information content (AvgIpc) is 3.27. The molecular weight excluding hydrogens is 370 g/mol. The fourth-order valence-electron chi connectivity index (χ4n) is 3.83. The van der Waals surface area contributed by atoms with Crippen LogP contribution in [0.1, 0.15) is 34.7 Å². The second kappa shape index (κ2) is 7.72. The Morgan fingerprint density at radius 3 is 2.86 bits per heavy atom. The van der Waals surface area contributed by atoms with Gasteiger partial charge < -0.3 is 10.4 Å². The average molecular weight is 394 g/mol. The lowest BCUT2D eigenvalue weighted by Gasteiger charge is -2.14. The van der Waals surface area contributed by atoms with Crippen molar-refractivity contribution < 1.29 is 9.90 Å². The van der Waals surface area contributed by atoms with Crippen LogP contribution in [-0.2, 0) is 11.2 Å². The first-order valence-corrected chi connectivity index (χ1v) is 10.3. The number of imidazole rings is 1. The SMILES string of the molecule is Cc1cc(C)cc(-n2ccnc2SCC(=O)NC2CCc3c(O)cccc32)c1. The van der Waals surface area contributed by atoms with E-state index < -0.39 is 0 Å². The van der Waals surface area contributed by atoms with Crippen molar-refractivity contribution >= 4 is 17.7 Å². The van der Waals surface area contributed by atoms with Crippen LogP contribution in [0.4, 0.5) is 0 Å². The summed E-state index contributed by atoms with van der Waals surface area (Å²) >= 11 is 1.43. The van der Waals surface area contributed by atoms with Crippen LogP contribution in [0.25, 0.3) is 5.69 Å². The normalized spacial score (nSPS) is 15.4. The van der Waals surface area contributed by atoms with Crippen molar-refractivity contribution in [3.05, 3.63) is 71.0 Å². The lowest BCUT2D eigenvalue weighted by atomic mass is 10.1. The smallest absolute Gasteiger partial charge is 0.230 e. The van der Waals surface area contributed by atoms with Gasteiger partial charge in [-0.15, -0.1) is 0 Å². The Labute approximate surface area is 168 Å². The molecule has 1 heterocycles. The molecule has 0 radical (unpaired) electrons. The monoisotopic (exact) mass is 393 g/mol. The summed E-state index contributed by atoms with van der Waals surface area (Å²) in [6, 6.07) is 11.8. The third kappa shape index (κ3) is 3.78. The van der Waals surface area contributed by atoms with E-state index in [0.29, 0.717) is 11.5 Å². The number of carbonyl (C=O) groups is 1. The van der Waals surface area contributed by atoms with E-state index in [-0.39, 0.29) is 11.9 Å². The molecule has 1 aliphatic rings. The summed E-state index contributed by atoms with van der Waals surface area (Å²) in [5.74, 6) is 0.590. The van der Waals surface area contributed by atoms with Gasteiger partial charge >= 0.3 is 0 Å². The topological polar surface area (TPSA) is 67.2 Å². The van der Waals surface area contributed by atoms with E-state index in [4.69, 9.17) is 0 Å². The zero-order valence-electron chi connectivity index (χ0n) is 16.0. The number of rotatable bonds is 5. The molecule has 0 spiro atoms. The number of hydrogen-bond acceptors (Lipinski definition) is 4. The van der Waals surface area contributed by atoms with Gasteiger partial charge in [0.15, 0.2) is 5.16 Å². The summed E-state index contributed by atoms with van der Waals surface area (Å²) in [5, 5.41) is 13.9. The van der Waals surface area contributed by atoms with Crippen LogP contribution < -0.4 is 5.32 Å². The second-order valence-corrected chi connectivity index (χ2v) is 8.16. The van der Waals surface area contributed by atoms with E-state index in [0.717, 1.165) is 34.8 Å². The lowest BCUT2D eigenvalue weighted by molar-refractivity contribution is -0.119. The van der Waals surface area contributed by atoms with Crippen LogP contribution in [0.2, 0.25) is 0 Å². The Hall–Kier alpha value is -2.73. The lowest BCUT2D eigenvalue weighted by Crippen LogP contribution is -2.28. The first-order chi connectivity index (χ1) is 13.5. The summed E-state index contributed by atoms with van der Waals surface area (Å²) in [7, 11) is 0. The molecule has 5 nitrogen and oxygen atoms in total. The third-order valence-electron chi connectivity index (χ3n) is 5.00. The van der Waals surface area contributed by atoms with Crippen molar-refractivity contribution in [3.63, 3.8) is 0 Å². The van der Waals surface area contributed by atoms with Gasteiger partial charge in [-0.25, -0.2) is 4.98 Å². The van der Waals surface area contributed by atoms with Crippen LogP contribution in [0.3, 0.4) is 0 Å². The highest BCUT2D eigenvalue weighted by Gasteiger charge is 2.26. The highest BCUT2D eigenvalue weighted by Crippen LogP contribution is 2.36. The van der Waals surface area contributed by atoms with Gasteiger partial charge in [-0.1, -0.05) is 30.0 Å². The Balaban J connectivity index is 1.42. The van der Waals surface area contributed by atoms with Crippen LogP contribution in [0.15, 0.2) is 53.9 Å². The number of nitrogens with one attached hydrogen (secondary N) is 1. The van der Waals surface area contributed by atoms with Crippen LogP contribution in [-0.4, -0.2) is 26.3 Å². The molecular formula is C22H23N3O2S. The first kappa shape index (κ1) is 18.6. The summed E-state index contributed by atoms with van der Waals surface area (Å²) in [4.78, 5) is 16.9. The molecule has 144 valence electrons. The van der Waals surface area contributed by atoms with Crippen molar-refractivity contribution in [2.45, 2.75) is 37.9 Å². The molecule has 2 N–H and O–H groups in total. The number of fused-ring (bicyclic) bond motifs is 1. The van der Waals surface area contributed by atoms with Crippen molar-refractivity contribution in [1.82, 2.24) is 14.9 Å². The maximum absolute atomic E-state index is 12.5. The van der Waals surface area contributed by atoms with Crippen molar-refractivity contribution in [3.8, 4) is 11.4 Å². The number of phenols is 1. The number of carbonyl (C=O) groups excluding carboxylic acids is 1. The molecule has 0 saturated heterocycles. The second-order valence-electron chi connectivity index (χ2n) is 7.22. The molecule has 4 rings (SSSR count). The van der Waals surface area contributed by atoms with Crippen molar-refractivity contribution in [2.75, 3.05) is 5.75 Å². The number of amides is 1. The van der Waals surface area contributed by atoms with Crippen molar-refractivity contribution in [2.24, 2.45) is 0 Å². The highest BCUT2D eigenvalue weighted by atomic mass is 32.2. The number of hydrogen-bond donors (Lipinski definition) is 2. The number of aryl methyl sites for hydroxylation is 2. The summed E-state index contributed by atoms with van der Waals surface area (Å²) in [6.45, 7) is 4.15. The molecule has 28 heavy (non-hydrogen) atoms. The van der Waals surface area contributed by atoms with Gasteiger partial charge in [0, 0.05) is 18.1 Å². The van der Waals surface area contributed by atoms with Gasteiger partial charge in [-0.05, 0) is 67.1 Å². The molecule has 0 saturated carbocycles.